The van der Waals surface area contributed by atoms with E-state index in [1.807, 2.05) is 0 Å². The van der Waals surface area contributed by atoms with Crippen LogP contribution >= 0.6 is 0 Å². The number of aromatic amines is 1. The molecule has 2 fully saturated rings. The second-order valence-electron chi connectivity index (χ2n) is 7.64. The molecule has 4 heterocycles. The van der Waals surface area contributed by atoms with E-state index in [1.54, 1.807) is 36.5 Å². The average Bonchev–Trinajstić information content (AvgIpc) is 3.47. The zero-order valence-electron chi connectivity index (χ0n) is 16.1. The van der Waals surface area contributed by atoms with Crippen LogP contribution in [-0.4, -0.2) is 59.6 Å². The van der Waals surface area contributed by atoms with Crippen LogP contribution in [0.3, 0.4) is 0 Å². The Morgan fingerprint density at radius 2 is 2.07 bits per heavy atom. The molecular formula is C20H21N5O4S. The van der Waals surface area contributed by atoms with Gasteiger partial charge in [-0.1, -0.05) is 12.1 Å². The predicted molar refractivity (Wildman–Crippen MR) is 108 cm³/mol. The van der Waals surface area contributed by atoms with Gasteiger partial charge in [0.15, 0.2) is 5.65 Å². The van der Waals surface area contributed by atoms with E-state index in [4.69, 9.17) is 4.74 Å². The summed E-state index contributed by atoms with van der Waals surface area (Å²) in [6.07, 6.45) is 4.03. The second kappa shape index (κ2) is 7.46. The lowest BCUT2D eigenvalue weighted by molar-refractivity contribution is 0.0950. The van der Waals surface area contributed by atoms with Gasteiger partial charge in [-0.2, -0.15) is 9.40 Å². The highest BCUT2D eigenvalue weighted by Crippen LogP contribution is 2.32. The summed E-state index contributed by atoms with van der Waals surface area (Å²) in [7, 11) is -3.54. The van der Waals surface area contributed by atoms with Gasteiger partial charge < -0.3 is 10.1 Å². The summed E-state index contributed by atoms with van der Waals surface area (Å²) in [6.45, 7) is 1.93. The minimum absolute atomic E-state index is 0.0185. The van der Waals surface area contributed by atoms with Gasteiger partial charge in [-0.25, -0.2) is 13.4 Å². The van der Waals surface area contributed by atoms with Crippen molar-refractivity contribution in [1.82, 2.24) is 24.8 Å². The van der Waals surface area contributed by atoms with E-state index in [0.29, 0.717) is 30.2 Å². The van der Waals surface area contributed by atoms with Crippen molar-refractivity contribution in [3.05, 3.63) is 53.9 Å². The quantitative estimate of drug-likeness (QED) is 0.634. The molecule has 156 valence electrons. The Balaban J connectivity index is 1.23. The first-order valence-electron chi connectivity index (χ1n) is 9.79. The van der Waals surface area contributed by atoms with Gasteiger partial charge in [-0.3, -0.25) is 9.89 Å². The van der Waals surface area contributed by atoms with Gasteiger partial charge in [-0.15, -0.1) is 0 Å². The minimum atomic E-state index is -3.54. The first-order chi connectivity index (χ1) is 14.5. The molecule has 9 nitrogen and oxygen atoms in total. The number of aromatic nitrogens is 3. The van der Waals surface area contributed by atoms with Crippen LogP contribution in [0.5, 0.6) is 0 Å². The number of amides is 1. The van der Waals surface area contributed by atoms with E-state index in [-0.39, 0.29) is 23.5 Å². The highest BCUT2D eigenvalue weighted by Gasteiger charge is 2.42. The fourth-order valence-electron chi connectivity index (χ4n) is 4.01. The summed E-state index contributed by atoms with van der Waals surface area (Å²) in [5.74, 6) is 0.0379. The average molecular weight is 427 g/mol. The fourth-order valence-corrected chi connectivity index (χ4v) is 5.52. The van der Waals surface area contributed by atoms with E-state index in [9.17, 15) is 13.2 Å². The minimum Gasteiger partial charge on any atom is -0.376 e. The number of hydrogen-bond acceptors (Lipinski definition) is 6. The monoisotopic (exact) mass is 427 g/mol. The summed E-state index contributed by atoms with van der Waals surface area (Å²) in [6, 6.07) is 8.33. The Bertz CT molecular complexity index is 1180. The van der Waals surface area contributed by atoms with Gasteiger partial charge in [0.1, 0.15) is 0 Å². The van der Waals surface area contributed by atoms with Crippen molar-refractivity contribution < 1.29 is 17.9 Å². The van der Waals surface area contributed by atoms with Crippen molar-refractivity contribution in [2.24, 2.45) is 5.92 Å². The van der Waals surface area contributed by atoms with Gasteiger partial charge in [0, 0.05) is 43.7 Å². The molecule has 1 aromatic carbocycles. The van der Waals surface area contributed by atoms with Crippen molar-refractivity contribution in [2.45, 2.75) is 24.0 Å². The van der Waals surface area contributed by atoms with Crippen LogP contribution < -0.4 is 5.32 Å². The number of carbonyl (C=O) groups excluding carboxylic acids is 1. The zero-order valence-corrected chi connectivity index (χ0v) is 16.9. The molecule has 1 amide bonds. The maximum absolute atomic E-state index is 12.9. The highest BCUT2D eigenvalue weighted by molar-refractivity contribution is 7.89. The first-order valence-corrected chi connectivity index (χ1v) is 11.2. The van der Waals surface area contributed by atoms with Gasteiger partial charge in [0.25, 0.3) is 5.91 Å². The van der Waals surface area contributed by atoms with E-state index in [1.165, 1.54) is 10.5 Å². The maximum Gasteiger partial charge on any atom is 0.253 e. The number of H-pyrrole nitrogens is 1. The SMILES string of the molecule is O=C(NCc1ccc(S(=O)(=O)N2C[C@@H]3CCO[C@@H]3C2)cc1)c1cnc2[nH]ncc2c1. The Labute approximate surface area is 173 Å². The molecule has 10 heteroatoms. The van der Waals surface area contributed by atoms with Crippen LogP contribution in [0.2, 0.25) is 0 Å². The number of sulfonamides is 1. The topological polar surface area (TPSA) is 117 Å². The third-order valence-corrected chi connectivity index (χ3v) is 7.58. The number of carbonyl (C=O) groups is 1. The lowest BCUT2D eigenvalue weighted by Crippen LogP contribution is -2.30. The van der Waals surface area contributed by atoms with Crippen LogP contribution in [-0.2, 0) is 21.3 Å². The molecule has 0 radical (unpaired) electrons. The summed E-state index contributed by atoms with van der Waals surface area (Å²) in [4.78, 5) is 16.8. The number of benzene rings is 1. The maximum atomic E-state index is 12.9. The molecule has 0 bridgehead atoms. The molecule has 0 unspecified atom stereocenters. The number of ether oxygens (including phenoxy) is 1. The number of nitrogens with zero attached hydrogens (tertiary/aromatic N) is 3. The lowest BCUT2D eigenvalue weighted by atomic mass is 10.1. The first kappa shape index (κ1) is 19.2. The van der Waals surface area contributed by atoms with Crippen LogP contribution in [0, 0.1) is 5.92 Å². The predicted octanol–water partition coefficient (Wildman–Crippen LogP) is 1.30. The molecule has 0 spiro atoms. The van der Waals surface area contributed by atoms with E-state index < -0.39 is 10.0 Å². The van der Waals surface area contributed by atoms with E-state index in [2.05, 4.69) is 20.5 Å². The summed E-state index contributed by atoms with van der Waals surface area (Å²) >= 11 is 0. The molecule has 0 aliphatic carbocycles. The smallest absolute Gasteiger partial charge is 0.253 e. The second-order valence-corrected chi connectivity index (χ2v) is 9.58. The zero-order chi connectivity index (χ0) is 20.7. The Morgan fingerprint density at radius 3 is 2.87 bits per heavy atom. The number of fused-ring (bicyclic) bond motifs is 2. The molecular weight excluding hydrogens is 406 g/mol. The third-order valence-electron chi connectivity index (χ3n) is 5.74. The van der Waals surface area contributed by atoms with Gasteiger partial charge >= 0.3 is 0 Å². The van der Waals surface area contributed by atoms with Crippen LogP contribution in [0.25, 0.3) is 11.0 Å². The molecule has 2 aromatic heterocycles. The summed E-state index contributed by atoms with van der Waals surface area (Å²) in [5, 5.41) is 10.2. The van der Waals surface area contributed by atoms with Crippen molar-refractivity contribution in [3.8, 4) is 0 Å². The summed E-state index contributed by atoms with van der Waals surface area (Å²) in [5.41, 5.74) is 1.86. The molecule has 5 rings (SSSR count). The number of rotatable bonds is 5. The van der Waals surface area contributed by atoms with Crippen molar-refractivity contribution >= 4 is 27.0 Å². The van der Waals surface area contributed by atoms with Crippen molar-refractivity contribution in [3.63, 3.8) is 0 Å². The molecule has 2 N–H and O–H groups in total. The van der Waals surface area contributed by atoms with Gasteiger partial charge in [0.05, 0.1) is 22.8 Å². The van der Waals surface area contributed by atoms with Crippen LogP contribution in [0.4, 0.5) is 0 Å². The standard InChI is InChI=1S/C20H21N5O4S/c26-20(16-7-15-10-23-24-19(15)21-9-16)22-8-13-1-3-17(4-2-13)30(27,28)25-11-14-5-6-29-18(14)12-25/h1-4,7,9-10,14,18H,5-6,8,11-12H2,(H,22,26)(H,21,23,24)/t14-,18+/m0/s1. The molecule has 30 heavy (non-hydrogen) atoms. The van der Waals surface area contributed by atoms with E-state index >= 15 is 0 Å². The highest BCUT2D eigenvalue weighted by atomic mass is 32.2. The number of nitrogens with one attached hydrogen (secondary N) is 2. The molecule has 0 saturated carbocycles. The summed E-state index contributed by atoms with van der Waals surface area (Å²) < 4.78 is 32.9. The van der Waals surface area contributed by atoms with Gasteiger partial charge in [-0.05, 0) is 30.2 Å². The van der Waals surface area contributed by atoms with Gasteiger partial charge in [0.2, 0.25) is 10.0 Å². The third kappa shape index (κ3) is 3.47. The molecule has 3 aromatic rings. The molecule has 2 atom stereocenters. The van der Waals surface area contributed by atoms with Crippen molar-refractivity contribution in [1.29, 1.82) is 0 Å². The Hall–Kier alpha value is -2.82. The van der Waals surface area contributed by atoms with Crippen molar-refractivity contribution in [2.75, 3.05) is 19.7 Å². The van der Waals surface area contributed by atoms with E-state index in [0.717, 1.165) is 24.0 Å². The Kier molecular flexibility index (Phi) is 4.76. The molecule has 2 aliphatic rings. The lowest BCUT2D eigenvalue weighted by Gasteiger charge is -2.17. The van der Waals surface area contributed by atoms with Crippen LogP contribution in [0.15, 0.2) is 47.6 Å². The largest absolute Gasteiger partial charge is 0.376 e. The normalized spacial score (nSPS) is 21.7. The molecule has 2 saturated heterocycles. The fraction of sp³-hybridized carbons (Fsp3) is 0.350. The van der Waals surface area contributed by atoms with Crippen LogP contribution in [0.1, 0.15) is 22.3 Å². The number of pyridine rings is 1. The Morgan fingerprint density at radius 1 is 1.23 bits per heavy atom. The molecule has 2 aliphatic heterocycles. The number of hydrogen-bond donors (Lipinski definition) is 2.